The van der Waals surface area contributed by atoms with Crippen molar-refractivity contribution < 1.29 is 27.9 Å². The van der Waals surface area contributed by atoms with Crippen LogP contribution in [0.25, 0.3) is 0 Å². The number of hydrazine groups is 2. The maximum atomic E-state index is 13.3. The molecule has 0 aliphatic carbocycles. The number of alkyl halides is 3. The van der Waals surface area contributed by atoms with Gasteiger partial charge in [-0.15, -0.1) is 0 Å². The molecule has 0 bridgehead atoms. The molecule has 2 saturated heterocycles. The van der Waals surface area contributed by atoms with Crippen molar-refractivity contribution in [1.82, 2.24) is 25.8 Å². The molecule has 1 amide bonds. The second-order valence-corrected chi connectivity index (χ2v) is 8.24. The van der Waals surface area contributed by atoms with Crippen LogP contribution in [-0.4, -0.2) is 76.3 Å². The summed E-state index contributed by atoms with van der Waals surface area (Å²) >= 11 is 5.13. The van der Waals surface area contributed by atoms with Crippen LogP contribution in [0.2, 0.25) is 0 Å². The lowest BCUT2D eigenvalue weighted by Gasteiger charge is -2.47. The zero-order valence-electron chi connectivity index (χ0n) is 15.4. The van der Waals surface area contributed by atoms with Gasteiger partial charge in [-0.05, 0) is 25.7 Å². The highest BCUT2D eigenvalue weighted by Crippen LogP contribution is 2.30. The molecule has 0 unspecified atom stereocenters. The van der Waals surface area contributed by atoms with Crippen LogP contribution in [0.5, 0.6) is 0 Å². The van der Waals surface area contributed by atoms with E-state index >= 15 is 0 Å². The molecule has 2 fully saturated rings. The molecule has 28 heavy (non-hydrogen) atoms. The summed E-state index contributed by atoms with van der Waals surface area (Å²) in [5.41, 5.74) is 3.97. The standard InChI is InChI=1S/C15H25F3N5O3PS/c16-14(17,18)13(26)23(11-12(24)25)15(27-28,19-21-7-3-1-4-8-21)20-22-9-5-2-6-10-22/h19-20H,1-11H2,(H,24,25). The molecule has 0 aromatic rings. The van der Waals surface area contributed by atoms with Crippen LogP contribution >= 0.6 is 7.36 Å². The van der Waals surface area contributed by atoms with Gasteiger partial charge in [0.05, 0.1) is 0 Å². The van der Waals surface area contributed by atoms with E-state index in [1.165, 1.54) is 0 Å². The van der Waals surface area contributed by atoms with Crippen molar-refractivity contribution in [1.29, 1.82) is 0 Å². The molecular formula is C15H25F3N5O3PS. The minimum Gasteiger partial charge on any atom is -0.480 e. The lowest BCUT2D eigenvalue weighted by atomic mass is 10.2. The zero-order chi connectivity index (χ0) is 20.8. The van der Waals surface area contributed by atoms with Gasteiger partial charge in [-0.3, -0.25) is 14.5 Å². The number of rotatable bonds is 8. The second-order valence-electron chi connectivity index (χ2n) is 6.87. The van der Waals surface area contributed by atoms with E-state index in [0.29, 0.717) is 26.2 Å². The minimum absolute atomic E-state index is 0.0711. The Labute approximate surface area is 168 Å². The minimum atomic E-state index is -5.23. The van der Waals surface area contributed by atoms with E-state index in [9.17, 15) is 27.9 Å². The normalized spacial score (nSPS) is 20.2. The third kappa shape index (κ3) is 6.30. The van der Waals surface area contributed by atoms with E-state index in [4.69, 9.17) is 11.8 Å². The molecule has 160 valence electrons. The molecule has 0 aromatic carbocycles. The number of amides is 1. The van der Waals surface area contributed by atoms with Crippen molar-refractivity contribution in [3.63, 3.8) is 0 Å². The lowest BCUT2D eigenvalue weighted by Crippen LogP contribution is -2.74. The average Bonchev–Trinajstić information content (AvgIpc) is 2.66. The van der Waals surface area contributed by atoms with Gasteiger partial charge in [-0.25, -0.2) is 20.9 Å². The third-order valence-electron chi connectivity index (χ3n) is 4.64. The van der Waals surface area contributed by atoms with Gasteiger partial charge in [0.15, 0.2) is 0 Å². The van der Waals surface area contributed by atoms with Crippen molar-refractivity contribution in [3.8, 4) is 0 Å². The molecule has 13 heteroatoms. The second kappa shape index (κ2) is 10.2. The number of halogens is 3. The number of carboxylic acids is 1. The predicted octanol–water partition coefficient (Wildman–Crippen LogP) is 1.46. The Kier molecular flexibility index (Phi) is 8.53. The summed E-state index contributed by atoms with van der Waals surface area (Å²) < 4.78 is 39.8. The molecule has 0 spiro atoms. The van der Waals surface area contributed by atoms with E-state index in [1.807, 2.05) is 0 Å². The Hall–Kier alpha value is -0.910. The van der Waals surface area contributed by atoms with E-state index in [-0.39, 0.29) is 12.3 Å². The molecule has 0 saturated carbocycles. The van der Waals surface area contributed by atoms with Crippen LogP contribution in [0.4, 0.5) is 13.2 Å². The van der Waals surface area contributed by atoms with Crippen LogP contribution in [0.1, 0.15) is 38.5 Å². The number of carbonyl (C=O) groups excluding carboxylic acids is 1. The third-order valence-corrected chi connectivity index (χ3v) is 6.14. The molecule has 2 aliphatic rings. The Balaban J connectivity index is 2.38. The highest BCUT2D eigenvalue weighted by Gasteiger charge is 2.52. The predicted molar refractivity (Wildman–Crippen MR) is 99.5 cm³/mol. The summed E-state index contributed by atoms with van der Waals surface area (Å²) in [6, 6.07) is 0. The van der Waals surface area contributed by atoms with Gasteiger partial charge in [0, 0.05) is 33.5 Å². The van der Waals surface area contributed by atoms with Gasteiger partial charge in [0.25, 0.3) is 0 Å². The van der Waals surface area contributed by atoms with Crippen molar-refractivity contribution in [2.24, 2.45) is 0 Å². The lowest BCUT2D eigenvalue weighted by molar-refractivity contribution is -0.196. The maximum absolute atomic E-state index is 13.3. The fraction of sp³-hybridized carbons (Fsp3) is 0.867. The molecule has 0 aromatic heterocycles. The molecule has 2 aliphatic heterocycles. The summed E-state index contributed by atoms with van der Waals surface area (Å²) in [6.45, 7) is 1.12. The fourth-order valence-electron chi connectivity index (χ4n) is 3.31. The first-order valence-electron chi connectivity index (χ1n) is 9.18. The first kappa shape index (κ1) is 23.4. The zero-order valence-corrected chi connectivity index (χ0v) is 17.1. The molecule has 2 heterocycles. The number of hydrogen-bond donors (Lipinski definition) is 3. The van der Waals surface area contributed by atoms with E-state index in [1.54, 1.807) is 10.0 Å². The summed E-state index contributed by atoms with van der Waals surface area (Å²) in [5, 5.41) is 12.6. The number of carbonyl (C=O) groups is 2. The number of nitrogens with one attached hydrogen (secondary N) is 2. The van der Waals surface area contributed by atoms with Crippen molar-refractivity contribution in [2.75, 3.05) is 32.7 Å². The van der Waals surface area contributed by atoms with E-state index in [0.717, 1.165) is 38.5 Å². The average molecular weight is 443 g/mol. The number of nitrogens with zero attached hydrogens (tertiary/aromatic N) is 3. The van der Waals surface area contributed by atoms with Crippen LogP contribution in [-0.2, 0) is 21.4 Å². The van der Waals surface area contributed by atoms with Crippen molar-refractivity contribution in [2.45, 2.75) is 50.2 Å². The number of aliphatic carboxylic acids is 1. The SMILES string of the molecule is O=C(O)CN(C(=O)C(F)(F)F)C(NN1CCCCC1)(NN1CCCCC1)P=S. The Bertz CT molecular complexity index is 552. The molecule has 3 N–H and O–H groups in total. The van der Waals surface area contributed by atoms with E-state index in [2.05, 4.69) is 10.9 Å². The van der Waals surface area contributed by atoms with Crippen LogP contribution in [0.15, 0.2) is 0 Å². The van der Waals surface area contributed by atoms with Gasteiger partial charge >= 0.3 is 18.1 Å². The smallest absolute Gasteiger partial charge is 0.471 e. The van der Waals surface area contributed by atoms with Crippen LogP contribution < -0.4 is 10.9 Å². The quantitative estimate of drug-likeness (QED) is 0.384. The van der Waals surface area contributed by atoms with Gasteiger partial charge in [0.2, 0.25) is 5.53 Å². The fourth-order valence-corrected chi connectivity index (χ4v) is 4.47. The Morgan fingerprint density at radius 2 is 1.39 bits per heavy atom. The van der Waals surface area contributed by atoms with Gasteiger partial charge < -0.3 is 5.11 Å². The molecular weight excluding hydrogens is 418 g/mol. The number of piperidine rings is 2. The van der Waals surface area contributed by atoms with Crippen LogP contribution in [0.3, 0.4) is 0 Å². The summed E-state index contributed by atoms with van der Waals surface area (Å²) in [4.78, 5) is 23.7. The maximum Gasteiger partial charge on any atom is 0.471 e. The van der Waals surface area contributed by atoms with Gasteiger partial charge in [-0.1, -0.05) is 24.6 Å². The molecule has 8 nitrogen and oxygen atoms in total. The largest absolute Gasteiger partial charge is 0.480 e. The first-order chi connectivity index (χ1) is 13.2. The number of carboxylic acid groups (broad SMARTS) is 1. The summed E-state index contributed by atoms with van der Waals surface area (Å²) in [5.74, 6) is -3.80. The molecule has 0 atom stereocenters. The number of hydrogen-bond acceptors (Lipinski definition) is 7. The van der Waals surface area contributed by atoms with Crippen molar-refractivity contribution >= 4 is 31.0 Å². The Morgan fingerprint density at radius 3 is 1.71 bits per heavy atom. The van der Waals surface area contributed by atoms with Gasteiger partial charge in [-0.2, -0.15) is 13.2 Å². The van der Waals surface area contributed by atoms with Gasteiger partial charge in [0.1, 0.15) is 6.54 Å². The van der Waals surface area contributed by atoms with E-state index < -0.39 is 30.1 Å². The molecule has 2 rings (SSSR count). The van der Waals surface area contributed by atoms with Crippen molar-refractivity contribution in [3.05, 3.63) is 0 Å². The van der Waals surface area contributed by atoms with Crippen LogP contribution in [0, 0.1) is 0 Å². The monoisotopic (exact) mass is 443 g/mol. The first-order valence-corrected chi connectivity index (χ1v) is 11.1. The highest BCUT2D eigenvalue weighted by atomic mass is 32.4. The summed E-state index contributed by atoms with van der Waals surface area (Å²) in [6.07, 6.45) is 0.127. The Morgan fingerprint density at radius 1 is 0.964 bits per heavy atom. The topological polar surface area (TPSA) is 88.1 Å². The summed E-state index contributed by atoms with van der Waals surface area (Å²) in [7, 11) is -0.0711. The molecule has 0 radical (unpaired) electrons. The highest BCUT2D eigenvalue weighted by molar-refractivity contribution is 7.97.